The summed E-state index contributed by atoms with van der Waals surface area (Å²) < 4.78 is 29.4. The number of hydrogen-bond acceptors (Lipinski definition) is 6. The minimum atomic E-state index is -3.56. The summed E-state index contributed by atoms with van der Waals surface area (Å²) in [5.74, 6) is -1.17. The fourth-order valence-corrected chi connectivity index (χ4v) is 3.20. The number of halogens is 1. The average molecular weight is 345 g/mol. The smallest absolute Gasteiger partial charge is 0.227 e. The molecular formula is C14H13ClO6S. The molecule has 0 amide bonds. The Bertz CT molecular complexity index is 823. The van der Waals surface area contributed by atoms with Gasteiger partial charge < -0.3 is 14.6 Å². The van der Waals surface area contributed by atoms with Crippen molar-refractivity contribution in [1.29, 1.82) is 0 Å². The second kappa shape index (κ2) is 6.51. The molecule has 0 saturated heterocycles. The zero-order chi connectivity index (χ0) is 16.3. The molecule has 0 spiro atoms. The molecule has 0 radical (unpaired) electrons. The molecule has 22 heavy (non-hydrogen) atoms. The predicted molar refractivity (Wildman–Crippen MR) is 79.8 cm³/mol. The Morgan fingerprint density at radius 3 is 2.41 bits per heavy atom. The van der Waals surface area contributed by atoms with Gasteiger partial charge in [0.2, 0.25) is 11.2 Å². The molecule has 0 bridgehead atoms. The molecule has 0 aliphatic carbocycles. The summed E-state index contributed by atoms with van der Waals surface area (Å²) in [6.07, 6.45) is -0.0620. The van der Waals surface area contributed by atoms with Crippen LogP contribution in [-0.4, -0.2) is 24.4 Å². The molecule has 1 heterocycles. The van der Waals surface area contributed by atoms with Gasteiger partial charge >= 0.3 is 0 Å². The first-order chi connectivity index (χ1) is 10.3. The van der Waals surface area contributed by atoms with E-state index in [-0.39, 0.29) is 28.6 Å². The lowest BCUT2D eigenvalue weighted by atomic mass is 10.3. The molecule has 118 valence electrons. The molecule has 2 aromatic rings. The fourth-order valence-electron chi connectivity index (χ4n) is 1.81. The van der Waals surface area contributed by atoms with Crippen LogP contribution in [0.1, 0.15) is 11.5 Å². The maximum absolute atomic E-state index is 12.2. The summed E-state index contributed by atoms with van der Waals surface area (Å²) in [6.45, 7) is -0.654. The third-order valence-electron chi connectivity index (χ3n) is 2.98. The van der Waals surface area contributed by atoms with E-state index in [1.165, 1.54) is 24.3 Å². The van der Waals surface area contributed by atoms with Gasteiger partial charge in [0.15, 0.2) is 15.6 Å². The molecule has 0 unspecified atom stereocenters. The van der Waals surface area contributed by atoms with Crippen LogP contribution in [0.4, 0.5) is 0 Å². The molecule has 0 aliphatic rings. The second-order valence-corrected chi connectivity index (χ2v) is 7.08. The summed E-state index contributed by atoms with van der Waals surface area (Å²) in [5, 5.41) is 18.8. The van der Waals surface area contributed by atoms with Gasteiger partial charge in [0, 0.05) is 17.5 Å². The maximum atomic E-state index is 12.2. The number of aliphatic hydroxyl groups is 1. The zero-order valence-electron chi connectivity index (χ0n) is 11.3. The number of aliphatic hydroxyl groups excluding tert-OH is 1. The third-order valence-corrected chi connectivity index (χ3v) is 4.96. The number of benzene rings is 1. The number of aryl methyl sites for hydroxylation is 1. The van der Waals surface area contributed by atoms with Gasteiger partial charge in [0.05, 0.1) is 10.6 Å². The molecule has 2 rings (SSSR count). The normalized spacial score (nSPS) is 11.5. The Labute approximate surface area is 131 Å². The first-order valence-electron chi connectivity index (χ1n) is 6.27. The van der Waals surface area contributed by atoms with Crippen LogP contribution in [0.5, 0.6) is 5.75 Å². The van der Waals surface area contributed by atoms with Crippen molar-refractivity contribution < 1.29 is 23.0 Å². The largest absolute Gasteiger partial charge is 0.502 e. The molecule has 0 aliphatic heterocycles. The van der Waals surface area contributed by atoms with Gasteiger partial charge in [-0.25, -0.2) is 8.42 Å². The Morgan fingerprint density at radius 1 is 1.18 bits per heavy atom. The van der Waals surface area contributed by atoms with E-state index in [0.29, 0.717) is 5.02 Å². The highest BCUT2D eigenvalue weighted by Gasteiger charge is 2.17. The average Bonchev–Trinajstić information content (AvgIpc) is 2.49. The summed E-state index contributed by atoms with van der Waals surface area (Å²) >= 11 is 5.71. The zero-order valence-corrected chi connectivity index (χ0v) is 12.9. The lowest BCUT2D eigenvalue weighted by Gasteiger charge is -2.06. The fraction of sp³-hybridized carbons (Fsp3) is 0.214. The van der Waals surface area contributed by atoms with Gasteiger partial charge in [0.25, 0.3) is 0 Å². The standard InChI is InChI=1S/C14H13ClO6S/c15-9-1-3-11(4-2-9)22(19,20)6-5-10-7-12(17)14(18)13(8-16)21-10/h1-4,7,16,18H,5-6,8H2. The first-order valence-corrected chi connectivity index (χ1v) is 8.30. The Hall–Kier alpha value is -1.83. The van der Waals surface area contributed by atoms with Crippen molar-refractivity contribution >= 4 is 21.4 Å². The van der Waals surface area contributed by atoms with E-state index >= 15 is 0 Å². The topological polar surface area (TPSA) is 105 Å². The van der Waals surface area contributed by atoms with E-state index in [1.54, 1.807) is 0 Å². The van der Waals surface area contributed by atoms with E-state index in [0.717, 1.165) is 6.07 Å². The summed E-state index contributed by atoms with van der Waals surface area (Å²) in [4.78, 5) is 11.6. The van der Waals surface area contributed by atoms with E-state index in [1.807, 2.05) is 0 Å². The van der Waals surface area contributed by atoms with Crippen LogP contribution in [0.2, 0.25) is 5.02 Å². The van der Waals surface area contributed by atoms with Crippen LogP contribution in [0.25, 0.3) is 0 Å². The highest BCUT2D eigenvalue weighted by molar-refractivity contribution is 7.91. The Morgan fingerprint density at radius 2 is 1.82 bits per heavy atom. The molecule has 8 heteroatoms. The van der Waals surface area contributed by atoms with Gasteiger partial charge in [-0.05, 0) is 24.3 Å². The van der Waals surface area contributed by atoms with Gasteiger partial charge in [-0.15, -0.1) is 0 Å². The highest BCUT2D eigenvalue weighted by Crippen LogP contribution is 2.18. The van der Waals surface area contributed by atoms with Crippen molar-refractivity contribution in [3.63, 3.8) is 0 Å². The quantitative estimate of drug-likeness (QED) is 0.851. The minimum Gasteiger partial charge on any atom is -0.502 e. The molecule has 1 aromatic carbocycles. The number of rotatable bonds is 5. The van der Waals surface area contributed by atoms with Crippen LogP contribution >= 0.6 is 11.6 Å². The molecule has 0 atom stereocenters. The monoisotopic (exact) mass is 344 g/mol. The van der Waals surface area contributed by atoms with Gasteiger partial charge in [-0.3, -0.25) is 4.79 Å². The third kappa shape index (κ3) is 3.68. The van der Waals surface area contributed by atoms with Crippen LogP contribution in [-0.2, 0) is 22.9 Å². The molecule has 0 fully saturated rings. The van der Waals surface area contributed by atoms with Crippen LogP contribution in [0.15, 0.2) is 44.4 Å². The van der Waals surface area contributed by atoms with Crippen molar-refractivity contribution in [1.82, 2.24) is 0 Å². The summed E-state index contributed by atoms with van der Waals surface area (Å²) in [7, 11) is -3.56. The van der Waals surface area contributed by atoms with Crippen LogP contribution < -0.4 is 5.43 Å². The number of hydrogen-bond donors (Lipinski definition) is 2. The Kier molecular flexibility index (Phi) is 4.90. The van der Waals surface area contributed by atoms with Gasteiger partial charge in [-0.1, -0.05) is 11.6 Å². The van der Waals surface area contributed by atoms with Crippen molar-refractivity contribution in [3.8, 4) is 5.75 Å². The van der Waals surface area contributed by atoms with E-state index in [2.05, 4.69) is 0 Å². The SMILES string of the molecule is O=c1cc(CCS(=O)(=O)c2ccc(Cl)cc2)oc(CO)c1O. The lowest BCUT2D eigenvalue weighted by molar-refractivity contribution is 0.228. The van der Waals surface area contributed by atoms with E-state index in [9.17, 15) is 18.3 Å². The predicted octanol–water partition coefficient (Wildman–Crippen LogP) is 1.51. The molecule has 2 N–H and O–H groups in total. The number of aromatic hydroxyl groups is 1. The van der Waals surface area contributed by atoms with E-state index < -0.39 is 27.6 Å². The van der Waals surface area contributed by atoms with Crippen molar-refractivity contribution in [2.45, 2.75) is 17.9 Å². The summed E-state index contributed by atoms with van der Waals surface area (Å²) in [5.41, 5.74) is -0.728. The molecule has 0 saturated carbocycles. The maximum Gasteiger partial charge on any atom is 0.227 e. The van der Waals surface area contributed by atoms with Crippen molar-refractivity contribution in [2.24, 2.45) is 0 Å². The molecular weight excluding hydrogens is 332 g/mol. The van der Waals surface area contributed by atoms with Gasteiger partial charge in [0.1, 0.15) is 12.4 Å². The number of sulfone groups is 1. The first kappa shape index (κ1) is 16.5. The van der Waals surface area contributed by atoms with Crippen molar-refractivity contribution in [3.05, 3.63) is 57.1 Å². The lowest BCUT2D eigenvalue weighted by Crippen LogP contribution is -2.11. The van der Waals surface area contributed by atoms with E-state index in [4.69, 9.17) is 21.1 Å². The van der Waals surface area contributed by atoms with Crippen LogP contribution in [0.3, 0.4) is 0 Å². The van der Waals surface area contributed by atoms with Gasteiger partial charge in [-0.2, -0.15) is 0 Å². The molecule has 1 aromatic heterocycles. The Balaban J connectivity index is 2.21. The van der Waals surface area contributed by atoms with Crippen molar-refractivity contribution in [2.75, 3.05) is 5.75 Å². The van der Waals surface area contributed by atoms with Crippen LogP contribution in [0, 0.1) is 0 Å². The minimum absolute atomic E-state index is 0.0620. The molecule has 6 nitrogen and oxygen atoms in total. The highest BCUT2D eigenvalue weighted by atomic mass is 35.5. The second-order valence-electron chi connectivity index (χ2n) is 4.53. The summed E-state index contributed by atoms with van der Waals surface area (Å²) in [6, 6.07) is 6.73.